The van der Waals surface area contributed by atoms with Crippen molar-refractivity contribution in [3.05, 3.63) is 16.7 Å². The maximum Gasteiger partial charge on any atom is 0.280 e. The molecule has 2 aromatic rings. The highest BCUT2D eigenvalue weighted by atomic mass is 16.1. The van der Waals surface area contributed by atoms with E-state index in [1.165, 1.54) is 0 Å². The fraction of sp³-hybridized carbons (Fsp3) is 0.333. The van der Waals surface area contributed by atoms with Crippen LogP contribution in [0.1, 0.15) is 0 Å². The van der Waals surface area contributed by atoms with Crippen LogP contribution in [0, 0.1) is 0 Å². The van der Waals surface area contributed by atoms with Crippen LogP contribution >= 0.6 is 0 Å². The molecule has 0 aliphatic heterocycles. The number of rotatable bonds is 2. The Bertz CT molecular complexity index is 594. The van der Waals surface area contributed by atoms with Crippen LogP contribution in [-0.2, 0) is 7.05 Å². The molecule has 2 heterocycles. The number of fused-ring (bicyclic) bond motifs is 1. The lowest BCUT2D eigenvalue weighted by molar-refractivity contribution is 0.642. The van der Waals surface area contributed by atoms with Gasteiger partial charge in [-0.2, -0.15) is 4.98 Å². The first-order valence-electron chi connectivity index (χ1n) is 4.70. The molecular weight excluding hydrogens is 208 g/mol. The molecule has 0 amide bonds. The number of hydrogen-bond acceptors (Lipinski definition) is 4. The van der Waals surface area contributed by atoms with E-state index < -0.39 is 0 Å². The average molecular weight is 220 g/mol. The first-order valence-corrected chi connectivity index (χ1v) is 4.70. The maximum absolute atomic E-state index is 11.6. The van der Waals surface area contributed by atoms with Crippen LogP contribution in [0.15, 0.2) is 16.1 Å². The lowest BCUT2D eigenvalue weighted by Crippen LogP contribution is -2.10. The molecule has 0 radical (unpaired) electrons. The molecule has 0 saturated heterocycles. The number of nitrogens with one attached hydrogen (secondary N) is 1. The van der Waals surface area contributed by atoms with Crippen molar-refractivity contribution in [3.8, 4) is 0 Å². The van der Waals surface area contributed by atoms with Crippen LogP contribution in [0.5, 0.6) is 0 Å². The summed E-state index contributed by atoms with van der Waals surface area (Å²) in [5.41, 5.74) is 0.567. The van der Waals surface area contributed by atoms with Gasteiger partial charge in [0.2, 0.25) is 5.95 Å². The molecule has 7 nitrogen and oxygen atoms in total. The van der Waals surface area contributed by atoms with E-state index >= 15 is 0 Å². The van der Waals surface area contributed by atoms with Crippen molar-refractivity contribution in [1.82, 2.24) is 24.4 Å². The van der Waals surface area contributed by atoms with Crippen LogP contribution < -0.4 is 5.56 Å². The van der Waals surface area contributed by atoms with Gasteiger partial charge in [-0.3, -0.25) is 9.78 Å². The van der Waals surface area contributed by atoms with Crippen LogP contribution in [-0.4, -0.2) is 44.9 Å². The van der Waals surface area contributed by atoms with Crippen LogP contribution in [0.2, 0.25) is 0 Å². The predicted molar refractivity (Wildman–Crippen MR) is 61.0 cm³/mol. The lowest BCUT2D eigenvalue weighted by atomic mass is 10.5. The number of aromatic nitrogens is 4. The summed E-state index contributed by atoms with van der Waals surface area (Å²) < 4.78 is 1.68. The molecule has 0 atom stereocenters. The number of H-pyrrole nitrogens is 1. The van der Waals surface area contributed by atoms with E-state index in [0.717, 1.165) is 0 Å². The van der Waals surface area contributed by atoms with E-state index in [2.05, 4.69) is 19.9 Å². The van der Waals surface area contributed by atoms with Gasteiger partial charge in [0.15, 0.2) is 11.2 Å². The highest BCUT2D eigenvalue weighted by molar-refractivity contribution is 5.71. The van der Waals surface area contributed by atoms with E-state index in [4.69, 9.17) is 0 Å². The number of nitrogens with zero attached hydrogens (tertiary/aromatic N) is 5. The topological polar surface area (TPSA) is 79.2 Å². The SMILES string of the molecule is CN(C)C=Nc1nc2c(ncn2C)c(=O)[nH]1. The third kappa shape index (κ3) is 1.79. The monoisotopic (exact) mass is 220 g/mol. The fourth-order valence-electron chi connectivity index (χ4n) is 1.24. The van der Waals surface area contributed by atoms with Gasteiger partial charge < -0.3 is 9.47 Å². The minimum Gasteiger partial charge on any atom is -0.369 e. The normalized spacial score (nSPS) is 11.4. The Morgan fingerprint density at radius 3 is 3.00 bits per heavy atom. The third-order valence-corrected chi connectivity index (χ3v) is 1.97. The van der Waals surface area contributed by atoms with Crippen molar-refractivity contribution < 1.29 is 0 Å². The molecule has 0 fully saturated rings. The first-order chi connectivity index (χ1) is 7.58. The standard InChI is InChI=1S/C9H12N6O/c1-14(2)4-11-9-12-7-6(8(16)13-9)10-5-15(7)3/h4-5H,1-3H3,(H,12,13,16). The summed E-state index contributed by atoms with van der Waals surface area (Å²) in [5, 5.41) is 0. The molecule has 84 valence electrons. The van der Waals surface area contributed by atoms with Gasteiger partial charge in [0.05, 0.1) is 12.7 Å². The molecule has 0 saturated carbocycles. The van der Waals surface area contributed by atoms with E-state index in [1.54, 1.807) is 29.2 Å². The van der Waals surface area contributed by atoms with Crippen molar-refractivity contribution in [2.75, 3.05) is 14.1 Å². The smallest absolute Gasteiger partial charge is 0.280 e. The second-order valence-electron chi connectivity index (χ2n) is 3.63. The Balaban J connectivity index is 2.57. The van der Waals surface area contributed by atoms with Crippen LogP contribution in [0.25, 0.3) is 11.2 Å². The van der Waals surface area contributed by atoms with Crippen molar-refractivity contribution in [2.45, 2.75) is 0 Å². The largest absolute Gasteiger partial charge is 0.369 e. The molecule has 0 bridgehead atoms. The Hall–Kier alpha value is -2.18. The molecular formula is C9H12N6O. The van der Waals surface area contributed by atoms with Crippen LogP contribution in [0.4, 0.5) is 5.95 Å². The fourth-order valence-corrected chi connectivity index (χ4v) is 1.24. The highest BCUT2D eigenvalue weighted by Crippen LogP contribution is 2.07. The molecule has 2 aromatic heterocycles. The molecule has 0 aliphatic rings. The van der Waals surface area contributed by atoms with Crippen molar-refractivity contribution in [3.63, 3.8) is 0 Å². The molecule has 0 unspecified atom stereocenters. The molecule has 0 spiro atoms. The maximum atomic E-state index is 11.6. The zero-order valence-corrected chi connectivity index (χ0v) is 9.30. The van der Waals surface area contributed by atoms with E-state index in [9.17, 15) is 4.79 Å². The first kappa shape index (κ1) is 10.3. The Labute approximate surface area is 91.5 Å². The second-order valence-corrected chi connectivity index (χ2v) is 3.63. The molecule has 1 N–H and O–H groups in total. The van der Waals surface area contributed by atoms with E-state index in [-0.39, 0.29) is 11.5 Å². The van der Waals surface area contributed by atoms with Gasteiger partial charge in [0, 0.05) is 21.1 Å². The Kier molecular flexibility index (Phi) is 2.43. The number of hydrogen-bond donors (Lipinski definition) is 1. The molecule has 0 aliphatic carbocycles. The molecule has 7 heteroatoms. The summed E-state index contributed by atoms with van der Waals surface area (Å²) in [6.07, 6.45) is 3.12. The van der Waals surface area contributed by atoms with E-state index in [1.807, 2.05) is 14.1 Å². The molecule has 16 heavy (non-hydrogen) atoms. The van der Waals surface area contributed by atoms with Gasteiger partial charge in [0.1, 0.15) is 0 Å². The van der Waals surface area contributed by atoms with Crippen LogP contribution in [0.3, 0.4) is 0 Å². The molecule has 0 aromatic carbocycles. The van der Waals surface area contributed by atoms with Gasteiger partial charge in [-0.15, -0.1) is 0 Å². The highest BCUT2D eigenvalue weighted by Gasteiger charge is 2.06. The summed E-state index contributed by atoms with van der Waals surface area (Å²) in [5.74, 6) is 0.273. The predicted octanol–water partition coefficient (Wildman–Crippen LogP) is -0.122. The van der Waals surface area contributed by atoms with Gasteiger partial charge in [-0.1, -0.05) is 0 Å². The van der Waals surface area contributed by atoms with Gasteiger partial charge in [0.25, 0.3) is 5.56 Å². The van der Waals surface area contributed by atoms with Gasteiger partial charge >= 0.3 is 0 Å². The Morgan fingerprint density at radius 1 is 1.56 bits per heavy atom. The Morgan fingerprint density at radius 2 is 2.31 bits per heavy atom. The number of aryl methyl sites for hydroxylation is 1. The summed E-state index contributed by atoms with van der Waals surface area (Å²) >= 11 is 0. The molecule has 2 rings (SSSR count). The van der Waals surface area contributed by atoms with E-state index in [0.29, 0.717) is 11.2 Å². The minimum atomic E-state index is -0.281. The zero-order valence-electron chi connectivity index (χ0n) is 9.30. The van der Waals surface area contributed by atoms with Crippen molar-refractivity contribution >= 4 is 23.5 Å². The third-order valence-electron chi connectivity index (χ3n) is 1.97. The second kappa shape index (κ2) is 3.76. The zero-order chi connectivity index (χ0) is 11.7. The summed E-state index contributed by atoms with van der Waals surface area (Å²) in [4.78, 5) is 28.1. The number of aromatic amines is 1. The van der Waals surface area contributed by atoms with Crippen molar-refractivity contribution in [1.29, 1.82) is 0 Å². The number of imidazole rings is 1. The minimum absolute atomic E-state index is 0.273. The van der Waals surface area contributed by atoms with Gasteiger partial charge in [-0.25, -0.2) is 9.98 Å². The summed E-state index contributed by atoms with van der Waals surface area (Å²) in [6.45, 7) is 0. The summed E-state index contributed by atoms with van der Waals surface area (Å²) in [6, 6.07) is 0. The van der Waals surface area contributed by atoms with Gasteiger partial charge in [-0.05, 0) is 0 Å². The quantitative estimate of drug-likeness (QED) is 0.565. The average Bonchev–Trinajstić information content (AvgIpc) is 2.58. The lowest BCUT2D eigenvalue weighted by Gasteiger charge is -2.01. The number of aliphatic imine (C=N–C) groups is 1. The summed E-state index contributed by atoms with van der Waals surface area (Å²) in [7, 11) is 5.45. The van der Waals surface area contributed by atoms with Crippen molar-refractivity contribution in [2.24, 2.45) is 12.0 Å².